The van der Waals surface area contributed by atoms with Gasteiger partial charge < -0.3 is 5.73 Å². The van der Waals surface area contributed by atoms with E-state index in [9.17, 15) is 9.18 Å². The van der Waals surface area contributed by atoms with Crippen LogP contribution in [0.15, 0.2) is 12.1 Å². The number of aldehydes is 1. The second-order valence-corrected chi connectivity index (χ2v) is 3.14. The Labute approximate surface area is 76.6 Å². The van der Waals surface area contributed by atoms with Gasteiger partial charge in [-0.2, -0.15) is 0 Å². The molecule has 3 heteroatoms. The number of nitrogens with two attached hydrogens (primary N) is 1. The van der Waals surface area contributed by atoms with Crippen molar-refractivity contribution in [2.24, 2.45) is 5.73 Å². The van der Waals surface area contributed by atoms with Gasteiger partial charge in [-0.3, -0.25) is 4.79 Å². The van der Waals surface area contributed by atoms with E-state index in [4.69, 9.17) is 5.73 Å². The van der Waals surface area contributed by atoms with Crippen LogP contribution in [-0.4, -0.2) is 6.29 Å². The van der Waals surface area contributed by atoms with E-state index in [1.54, 1.807) is 19.9 Å². The first-order chi connectivity index (χ1) is 6.06. The van der Waals surface area contributed by atoms with Crippen LogP contribution in [0, 0.1) is 12.7 Å². The quantitative estimate of drug-likeness (QED) is 0.709. The normalized spacial score (nSPS) is 12.6. The second-order valence-electron chi connectivity index (χ2n) is 3.14. The predicted octanol–water partition coefficient (Wildman–Crippen LogP) is 1.97. The van der Waals surface area contributed by atoms with Crippen molar-refractivity contribution >= 4 is 6.29 Å². The highest BCUT2D eigenvalue weighted by Crippen LogP contribution is 2.18. The average Bonchev–Trinajstić information content (AvgIpc) is 2.08. The summed E-state index contributed by atoms with van der Waals surface area (Å²) in [5.74, 6) is -0.369. The molecule has 0 aliphatic heterocycles. The summed E-state index contributed by atoms with van der Waals surface area (Å²) in [4.78, 5) is 10.6. The van der Waals surface area contributed by atoms with Gasteiger partial charge in [0.25, 0.3) is 0 Å². The zero-order valence-corrected chi connectivity index (χ0v) is 7.67. The molecule has 0 heterocycles. The third kappa shape index (κ3) is 1.92. The number of carbonyl (C=O) groups excluding carboxylic acids is 1. The standard InChI is InChI=1S/C10H12FNO/c1-6-3-9(7(2)12)8(5-13)4-10(6)11/h3-5,7H,12H2,1-2H3. The number of carbonyl (C=O) groups is 1. The van der Waals surface area contributed by atoms with Crippen molar-refractivity contribution in [2.75, 3.05) is 0 Å². The van der Waals surface area contributed by atoms with Crippen LogP contribution in [0.5, 0.6) is 0 Å². The zero-order valence-electron chi connectivity index (χ0n) is 7.67. The van der Waals surface area contributed by atoms with E-state index in [-0.39, 0.29) is 11.9 Å². The van der Waals surface area contributed by atoms with E-state index in [1.165, 1.54) is 6.07 Å². The third-order valence-corrected chi connectivity index (χ3v) is 1.98. The summed E-state index contributed by atoms with van der Waals surface area (Å²) in [6, 6.07) is 2.59. The van der Waals surface area contributed by atoms with Gasteiger partial charge in [-0.05, 0) is 31.0 Å². The van der Waals surface area contributed by atoms with Crippen LogP contribution >= 0.6 is 0 Å². The van der Waals surface area contributed by atoms with Crippen molar-refractivity contribution in [1.29, 1.82) is 0 Å². The van der Waals surface area contributed by atoms with Gasteiger partial charge in [0, 0.05) is 11.6 Å². The Morgan fingerprint density at radius 2 is 2.15 bits per heavy atom. The molecular formula is C10H12FNO. The molecule has 0 bridgehead atoms. The van der Waals surface area contributed by atoms with Crippen LogP contribution in [0.4, 0.5) is 4.39 Å². The molecule has 1 unspecified atom stereocenters. The van der Waals surface area contributed by atoms with Crippen molar-refractivity contribution in [3.05, 3.63) is 34.6 Å². The Bertz CT molecular complexity index is 334. The van der Waals surface area contributed by atoms with Crippen LogP contribution < -0.4 is 5.73 Å². The zero-order chi connectivity index (χ0) is 10.0. The molecule has 1 aromatic carbocycles. The van der Waals surface area contributed by atoms with Gasteiger partial charge in [-0.15, -0.1) is 0 Å². The molecule has 13 heavy (non-hydrogen) atoms. The Morgan fingerprint density at radius 1 is 1.54 bits per heavy atom. The Kier molecular flexibility index (Phi) is 2.78. The summed E-state index contributed by atoms with van der Waals surface area (Å²) < 4.78 is 13.0. The summed E-state index contributed by atoms with van der Waals surface area (Å²) in [5, 5.41) is 0. The van der Waals surface area contributed by atoms with E-state index in [0.29, 0.717) is 23.0 Å². The number of hydrogen-bond acceptors (Lipinski definition) is 2. The van der Waals surface area contributed by atoms with Gasteiger partial charge in [-0.1, -0.05) is 6.07 Å². The largest absolute Gasteiger partial charge is 0.324 e. The van der Waals surface area contributed by atoms with Gasteiger partial charge in [0.2, 0.25) is 0 Å². The summed E-state index contributed by atoms with van der Waals surface area (Å²) in [6.45, 7) is 3.41. The second kappa shape index (κ2) is 3.66. The highest BCUT2D eigenvalue weighted by Gasteiger charge is 2.09. The van der Waals surface area contributed by atoms with E-state index in [1.807, 2.05) is 0 Å². The number of aryl methyl sites for hydroxylation is 1. The fraction of sp³-hybridized carbons (Fsp3) is 0.300. The van der Waals surface area contributed by atoms with Crippen LogP contribution in [0.3, 0.4) is 0 Å². The first-order valence-electron chi connectivity index (χ1n) is 4.07. The number of hydrogen-bond donors (Lipinski definition) is 1. The van der Waals surface area contributed by atoms with Gasteiger partial charge in [0.1, 0.15) is 12.1 Å². The van der Waals surface area contributed by atoms with Crippen LogP contribution in [0.2, 0.25) is 0 Å². The van der Waals surface area contributed by atoms with Crippen LogP contribution in [0.25, 0.3) is 0 Å². The first kappa shape index (κ1) is 9.86. The molecular weight excluding hydrogens is 169 g/mol. The minimum absolute atomic E-state index is 0.250. The summed E-state index contributed by atoms with van der Waals surface area (Å²) >= 11 is 0. The highest BCUT2D eigenvalue weighted by atomic mass is 19.1. The molecule has 0 fully saturated rings. The summed E-state index contributed by atoms with van der Waals surface area (Å²) in [7, 11) is 0. The molecule has 0 aliphatic carbocycles. The lowest BCUT2D eigenvalue weighted by atomic mass is 10.00. The Balaban J connectivity index is 3.32. The van der Waals surface area contributed by atoms with Gasteiger partial charge in [0.15, 0.2) is 0 Å². The number of halogens is 1. The molecule has 0 spiro atoms. The SMILES string of the molecule is Cc1cc(C(C)N)c(C=O)cc1F. The summed E-state index contributed by atoms with van der Waals surface area (Å²) in [5.41, 5.74) is 7.16. The Morgan fingerprint density at radius 3 is 2.62 bits per heavy atom. The minimum Gasteiger partial charge on any atom is -0.324 e. The molecule has 0 amide bonds. The fourth-order valence-corrected chi connectivity index (χ4v) is 1.22. The monoisotopic (exact) mass is 181 g/mol. The lowest BCUT2D eigenvalue weighted by Gasteiger charge is -2.10. The van der Waals surface area contributed by atoms with Gasteiger partial charge in [0.05, 0.1) is 0 Å². The molecule has 0 saturated carbocycles. The van der Waals surface area contributed by atoms with Crippen molar-refractivity contribution < 1.29 is 9.18 Å². The van der Waals surface area contributed by atoms with E-state index in [0.717, 1.165) is 0 Å². The average molecular weight is 181 g/mol. The predicted molar refractivity (Wildman–Crippen MR) is 49.1 cm³/mol. The maximum absolute atomic E-state index is 13.0. The van der Waals surface area contributed by atoms with Crippen molar-refractivity contribution in [3.8, 4) is 0 Å². The van der Waals surface area contributed by atoms with Crippen LogP contribution in [-0.2, 0) is 0 Å². The molecule has 0 aromatic heterocycles. The molecule has 1 aromatic rings. The smallest absolute Gasteiger partial charge is 0.150 e. The molecule has 70 valence electrons. The van der Waals surface area contributed by atoms with Crippen molar-refractivity contribution in [3.63, 3.8) is 0 Å². The van der Waals surface area contributed by atoms with Crippen molar-refractivity contribution in [1.82, 2.24) is 0 Å². The number of rotatable bonds is 2. The molecule has 0 aliphatic rings. The molecule has 0 saturated heterocycles. The maximum atomic E-state index is 13.0. The topological polar surface area (TPSA) is 43.1 Å². The highest BCUT2D eigenvalue weighted by molar-refractivity contribution is 5.77. The maximum Gasteiger partial charge on any atom is 0.150 e. The van der Waals surface area contributed by atoms with E-state index >= 15 is 0 Å². The molecule has 1 rings (SSSR count). The van der Waals surface area contributed by atoms with Crippen LogP contribution in [0.1, 0.15) is 34.5 Å². The van der Waals surface area contributed by atoms with E-state index in [2.05, 4.69) is 0 Å². The van der Waals surface area contributed by atoms with Gasteiger partial charge in [-0.25, -0.2) is 4.39 Å². The van der Waals surface area contributed by atoms with E-state index < -0.39 is 0 Å². The third-order valence-electron chi connectivity index (χ3n) is 1.98. The molecule has 2 nitrogen and oxygen atoms in total. The lowest BCUT2D eigenvalue weighted by molar-refractivity contribution is 0.112. The fourth-order valence-electron chi connectivity index (χ4n) is 1.22. The molecule has 1 atom stereocenters. The first-order valence-corrected chi connectivity index (χ1v) is 4.07. The summed E-state index contributed by atoms with van der Waals surface area (Å²) in [6.07, 6.45) is 0.626. The number of benzene rings is 1. The lowest BCUT2D eigenvalue weighted by Crippen LogP contribution is -2.09. The van der Waals surface area contributed by atoms with Crippen molar-refractivity contribution in [2.45, 2.75) is 19.9 Å². The Hall–Kier alpha value is -1.22. The molecule has 0 radical (unpaired) electrons. The minimum atomic E-state index is -0.369. The van der Waals surface area contributed by atoms with Gasteiger partial charge >= 0.3 is 0 Å². The molecule has 2 N–H and O–H groups in total.